The van der Waals surface area contributed by atoms with Gasteiger partial charge in [0.25, 0.3) is 0 Å². The van der Waals surface area contributed by atoms with Crippen LogP contribution in [-0.2, 0) is 0 Å². The molecule has 0 spiro atoms. The summed E-state index contributed by atoms with van der Waals surface area (Å²) in [6, 6.07) is 22.6. The van der Waals surface area contributed by atoms with E-state index in [0.29, 0.717) is 0 Å². The molecule has 0 aromatic heterocycles. The zero-order valence-corrected chi connectivity index (χ0v) is 19.6. The Hall–Kier alpha value is -1.64. The summed E-state index contributed by atoms with van der Waals surface area (Å²) in [6.45, 7) is 7.03. The van der Waals surface area contributed by atoms with Crippen LogP contribution >= 0.6 is 0 Å². The highest BCUT2D eigenvalue weighted by molar-refractivity contribution is 5.58. The van der Waals surface area contributed by atoms with Crippen molar-refractivity contribution in [1.29, 1.82) is 0 Å². The van der Waals surface area contributed by atoms with Crippen LogP contribution in [0.15, 0.2) is 60.7 Å². The third kappa shape index (κ3) is 8.62. The Kier molecular flexibility index (Phi) is 14.2. The van der Waals surface area contributed by atoms with Crippen LogP contribution in [0.1, 0.15) is 90.9 Å². The van der Waals surface area contributed by atoms with Crippen molar-refractivity contribution in [2.45, 2.75) is 90.9 Å². The predicted octanol–water partition coefficient (Wildman–Crippen LogP) is 8.87. The predicted molar refractivity (Wildman–Crippen MR) is 133 cm³/mol. The van der Waals surface area contributed by atoms with E-state index in [1.54, 1.807) is 0 Å². The SMILES string of the molecule is CCCCCCCCC[N+](CCCCCCC)(c1ccccc1)c1ccccc1.[OH-]. The second-order valence-electron chi connectivity index (χ2n) is 8.62. The van der Waals surface area contributed by atoms with Gasteiger partial charge in [-0.15, -0.1) is 0 Å². The fourth-order valence-electron chi connectivity index (χ4n) is 4.53. The van der Waals surface area contributed by atoms with Crippen LogP contribution in [0.25, 0.3) is 0 Å². The number of unbranched alkanes of at least 4 members (excludes halogenated alkanes) is 10. The molecule has 0 saturated heterocycles. The molecular weight excluding hydrogens is 366 g/mol. The zero-order chi connectivity index (χ0) is 20.6. The topological polar surface area (TPSA) is 30.0 Å². The molecule has 2 rings (SSSR count). The number of benzene rings is 2. The van der Waals surface area contributed by atoms with Crippen molar-refractivity contribution in [1.82, 2.24) is 4.48 Å². The Bertz CT molecular complexity index is 586. The summed E-state index contributed by atoms with van der Waals surface area (Å²) in [7, 11) is 0. The standard InChI is InChI=1S/C28H44N.H2O/c1-3-5-7-9-10-12-20-26-29(25-19-11-8-6-4-2,27-21-15-13-16-22-27)28-23-17-14-18-24-28;/h13-18,21-24H,3-12,19-20,25-26H2,1-2H3;1H2/q+1;/p-1. The highest BCUT2D eigenvalue weighted by atomic mass is 16.0. The van der Waals surface area contributed by atoms with E-state index in [1.165, 1.54) is 102 Å². The fourth-order valence-corrected chi connectivity index (χ4v) is 4.53. The van der Waals surface area contributed by atoms with Crippen LogP contribution in [0.5, 0.6) is 0 Å². The molecule has 0 aliphatic carbocycles. The van der Waals surface area contributed by atoms with E-state index in [-0.39, 0.29) is 5.48 Å². The summed E-state index contributed by atoms with van der Waals surface area (Å²) in [5.74, 6) is 0. The van der Waals surface area contributed by atoms with Crippen molar-refractivity contribution in [3.05, 3.63) is 60.7 Å². The van der Waals surface area contributed by atoms with Gasteiger partial charge in [0, 0.05) is 0 Å². The Labute approximate surface area is 186 Å². The van der Waals surface area contributed by atoms with Gasteiger partial charge in [0.15, 0.2) is 0 Å². The lowest BCUT2D eigenvalue weighted by molar-refractivity contribution is 0.354. The maximum absolute atomic E-state index is 2.35. The summed E-state index contributed by atoms with van der Waals surface area (Å²) in [6.07, 6.45) is 16.3. The molecule has 0 atom stereocenters. The van der Waals surface area contributed by atoms with Gasteiger partial charge in [-0.3, -0.25) is 4.48 Å². The minimum Gasteiger partial charge on any atom is -0.870 e. The molecule has 2 aromatic carbocycles. The third-order valence-corrected chi connectivity index (χ3v) is 6.29. The van der Waals surface area contributed by atoms with Crippen LogP contribution in [0.4, 0.5) is 11.4 Å². The number of hydrogen-bond acceptors (Lipinski definition) is 1. The van der Waals surface area contributed by atoms with Crippen molar-refractivity contribution < 1.29 is 5.48 Å². The van der Waals surface area contributed by atoms with E-state index in [9.17, 15) is 0 Å². The molecule has 2 aromatic rings. The summed E-state index contributed by atoms with van der Waals surface area (Å²) >= 11 is 0. The molecule has 0 amide bonds. The molecule has 1 N–H and O–H groups in total. The normalized spacial score (nSPS) is 11.3. The molecule has 2 heteroatoms. The van der Waals surface area contributed by atoms with Crippen LogP contribution < -0.4 is 4.48 Å². The number of para-hydroxylation sites is 2. The average molecular weight is 412 g/mol. The van der Waals surface area contributed by atoms with E-state index in [0.717, 1.165) is 4.48 Å². The molecule has 30 heavy (non-hydrogen) atoms. The molecule has 0 unspecified atom stereocenters. The minimum absolute atomic E-state index is 0. The van der Waals surface area contributed by atoms with Crippen molar-refractivity contribution in [2.75, 3.05) is 13.1 Å². The number of rotatable bonds is 16. The van der Waals surface area contributed by atoms with Crippen molar-refractivity contribution >= 4 is 11.4 Å². The molecule has 0 aliphatic heterocycles. The summed E-state index contributed by atoms with van der Waals surface area (Å²) in [5, 5.41) is 0. The second-order valence-corrected chi connectivity index (χ2v) is 8.62. The van der Waals surface area contributed by atoms with E-state index >= 15 is 0 Å². The number of quaternary nitrogens is 1. The van der Waals surface area contributed by atoms with Gasteiger partial charge in [-0.25, -0.2) is 0 Å². The first-order chi connectivity index (χ1) is 14.3. The maximum atomic E-state index is 2.35. The van der Waals surface area contributed by atoms with E-state index < -0.39 is 0 Å². The van der Waals surface area contributed by atoms with Gasteiger partial charge in [0.1, 0.15) is 11.4 Å². The van der Waals surface area contributed by atoms with Crippen molar-refractivity contribution in [3.8, 4) is 0 Å². The largest absolute Gasteiger partial charge is 0.870 e. The number of nitrogens with zero attached hydrogens (tertiary/aromatic N) is 1. The quantitative estimate of drug-likeness (QED) is 0.200. The van der Waals surface area contributed by atoms with Gasteiger partial charge in [0.05, 0.1) is 13.1 Å². The van der Waals surface area contributed by atoms with Crippen LogP contribution in [-0.4, -0.2) is 18.6 Å². The van der Waals surface area contributed by atoms with Gasteiger partial charge in [-0.05, 0) is 49.9 Å². The Morgan fingerprint density at radius 2 is 0.800 bits per heavy atom. The minimum atomic E-state index is 0. The highest BCUT2D eigenvalue weighted by Gasteiger charge is 2.32. The number of hydrogen-bond donors (Lipinski definition) is 0. The molecule has 0 saturated carbocycles. The van der Waals surface area contributed by atoms with Crippen molar-refractivity contribution in [2.24, 2.45) is 0 Å². The fraction of sp³-hybridized carbons (Fsp3) is 0.571. The Balaban J connectivity index is 0.00000450. The Morgan fingerprint density at radius 1 is 0.467 bits per heavy atom. The molecule has 0 heterocycles. The van der Waals surface area contributed by atoms with Crippen molar-refractivity contribution in [3.63, 3.8) is 0 Å². The smallest absolute Gasteiger partial charge is 0.137 e. The van der Waals surface area contributed by atoms with Gasteiger partial charge in [-0.2, -0.15) is 0 Å². The van der Waals surface area contributed by atoms with Gasteiger partial charge in [-0.1, -0.05) is 102 Å². The highest BCUT2D eigenvalue weighted by Crippen LogP contribution is 2.36. The van der Waals surface area contributed by atoms with E-state index in [4.69, 9.17) is 0 Å². The zero-order valence-electron chi connectivity index (χ0n) is 19.6. The lowest BCUT2D eigenvalue weighted by Gasteiger charge is -2.38. The molecule has 0 radical (unpaired) electrons. The van der Waals surface area contributed by atoms with Crippen LogP contribution in [0, 0.1) is 0 Å². The summed E-state index contributed by atoms with van der Waals surface area (Å²) in [4.78, 5) is 0. The van der Waals surface area contributed by atoms with Crippen LogP contribution in [0.3, 0.4) is 0 Å². The van der Waals surface area contributed by atoms with E-state index in [2.05, 4.69) is 74.5 Å². The molecule has 0 aliphatic rings. The molecule has 168 valence electrons. The lowest BCUT2D eigenvalue weighted by atomic mass is 10.0. The van der Waals surface area contributed by atoms with Gasteiger partial charge in [0.2, 0.25) is 0 Å². The molecule has 0 bridgehead atoms. The first kappa shape index (κ1) is 26.4. The molecular formula is C28H45NO. The first-order valence-electron chi connectivity index (χ1n) is 12.3. The molecule has 2 nitrogen and oxygen atoms in total. The van der Waals surface area contributed by atoms with E-state index in [1.807, 2.05) is 0 Å². The van der Waals surface area contributed by atoms with Crippen LogP contribution in [0.2, 0.25) is 0 Å². The first-order valence-corrected chi connectivity index (χ1v) is 12.3. The summed E-state index contributed by atoms with van der Waals surface area (Å²) < 4.78 is 1.02. The molecule has 0 fully saturated rings. The second kappa shape index (κ2) is 16.1. The Morgan fingerprint density at radius 3 is 1.17 bits per heavy atom. The maximum Gasteiger partial charge on any atom is 0.137 e. The lowest BCUT2D eigenvalue weighted by Crippen LogP contribution is -2.46. The van der Waals surface area contributed by atoms with Gasteiger partial charge >= 0.3 is 0 Å². The summed E-state index contributed by atoms with van der Waals surface area (Å²) in [5.41, 5.74) is 2.92. The third-order valence-electron chi connectivity index (χ3n) is 6.29. The monoisotopic (exact) mass is 411 g/mol. The van der Waals surface area contributed by atoms with Gasteiger partial charge < -0.3 is 5.48 Å². The average Bonchev–Trinajstić information content (AvgIpc) is 2.78.